The Balaban J connectivity index is 1.86. The molecule has 0 saturated carbocycles. The van der Waals surface area contributed by atoms with Gasteiger partial charge in [0.1, 0.15) is 11.5 Å². The first-order chi connectivity index (χ1) is 10.7. The van der Waals surface area contributed by atoms with Gasteiger partial charge in [0, 0.05) is 30.1 Å². The summed E-state index contributed by atoms with van der Waals surface area (Å²) in [5.41, 5.74) is 3.58. The molecule has 3 rings (SSSR count). The molecule has 22 heavy (non-hydrogen) atoms. The molecular formula is C18H24N2O2. The molecule has 0 bridgehead atoms. The molecule has 1 fully saturated rings. The van der Waals surface area contributed by atoms with Crippen molar-refractivity contribution >= 4 is 0 Å². The maximum atomic E-state index is 5.50. The van der Waals surface area contributed by atoms with Crippen LogP contribution in [-0.4, -0.2) is 23.7 Å². The van der Waals surface area contributed by atoms with Crippen molar-refractivity contribution in [3.05, 3.63) is 46.8 Å². The number of para-hydroxylation sites is 1. The second-order valence-corrected chi connectivity index (χ2v) is 5.90. The molecular weight excluding hydrogens is 276 g/mol. The summed E-state index contributed by atoms with van der Waals surface area (Å²) in [6.07, 6.45) is 3.28. The van der Waals surface area contributed by atoms with Crippen LogP contribution in [0.4, 0.5) is 0 Å². The summed E-state index contributed by atoms with van der Waals surface area (Å²) in [4.78, 5) is 2.52. The lowest BCUT2D eigenvalue weighted by molar-refractivity contribution is 0.241. The van der Waals surface area contributed by atoms with Crippen molar-refractivity contribution in [3.63, 3.8) is 0 Å². The summed E-state index contributed by atoms with van der Waals surface area (Å²) in [5, 5.41) is 4.18. The minimum absolute atomic E-state index is 0.408. The third-order valence-electron chi connectivity index (χ3n) is 4.57. The highest BCUT2D eigenvalue weighted by Crippen LogP contribution is 2.37. The smallest absolute Gasteiger partial charge is 0.141 e. The van der Waals surface area contributed by atoms with Crippen LogP contribution < -0.4 is 4.74 Å². The Hall–Kier alpha value is -1.81. The van der Waals surface area contributed by atoms with Gasteiger partial charge in [0.2, 0.25) is 0 Å². The summed E-state index contributed by atoms with van der Waals surface area (Å²) in [6.45, 7) is 6.19. The van der Waals surface area contributed by atoms with Gasteiger partial charge in [-0.15, -0.1) is 0 Å². The van der Waals surface area contributed by atoms with Crippen molar-refractivity contribution in [1.82, 2.24) is 10.1 Å². The van der Waals surface area contributed by atoms with Gasteiger partial charge in [-0.05, 0) is 32.4 Å². The van der Waals surface area contributed by atoms with Gasteiger partial charge in [0.05, 0.1) is 12.8 Å². The van der Waals surface area contributed by atoms with E-state index in [-0.39, 0.29) is 0 Å². The zero-order valence-electron chi connectivity index (χ0n) is 13.6. The topological polar surface area (TPSA) is 38.5 Å². The third-order valence-corrected chi connectivity index (χ3v) is 4.57. The van der Waals surface area contributed by atoms with E-state index in [1.54, 1.807) is 7.11 Å². The molecule has 4 heteroatoms. The quantitative estimate of drug-likeness (QED) is 0.839. The molecule has 1 aliphatic heterocycles. The zero-order chi connectivity index (χ0) is 15.5. The molecule has 4 nitrogen and oxygen atoms in total. The number of hydrogen-bond donors (Lipinski definition) is 0. The van der Waals surface area contributed by atoms with Crippen LogP contribution in [0.15, 0.2) is 28.8 Å². The van der Waals surface area contributed by atoms with E-state index in [1.807, 2.05) is 12.1 Å². The second-order valence-electron chi connectivity index (χ2n) is 5.90. The van der Waals surface area contributed by atoms with Gasteiger partial charge in [-0.3, -0.25) is 4.90 Å². The van der Waals surface area contributed by atoms with E-state index in [1.165, 1.54) is 24.0 Å². The monoisotopic (exact) mass is 300 g/mol. The predicted molar refractivity (Wildman–Crippen MR) is 86.0 cm³/mol. The van der Waals surface area contributed by atoms with E-state index in [9.17, 15) is 0 Å². The molecule has 0 aliphatic carbocycles. The maximum Gasteiger partial charge on any atom is 0.141 e. The van der Waals surface area contributed by atoms with Gasteiger partial charge < -0.3 is 9.26 Å². The number of ether oxygens (including phenoxy) is 1. The number of aromatic nitrogens is 1. The summed E-state index contributed by atoms with van der Waals surface area (Å²) in [6, 6.07) is 8.68. The van der Waals surface area contributed by atoms with Gasteiger partial charge in [-0.25, -0.2) is 0 Å². The number of aryl methyl sites for hydroxylation is 2. The first-order valence-electron chi connectivity index (χ1n) is 8.05. The van der Waals surface area contributed by atoms with Crippen LogP contribution in [0.3, 0.4) is 0 Å². The molecule has 1 unspecified atom stereocenters. The van der Waals surface area contributed by atoms with E-state index in [4.69, 9.17) is 9.26 Å². The molecule has 1 atom stereocenters. The Bertz CT molecular complexity index is 636. The van der Waals surface area contributed by atoms with E-state index in [0.29, 0.717) is 6.04 Å². The lowest BCUT2D eigenvalue weighted by Crippen LogP contribution is -2.24. The van der Waals surface area contributed by atoms with E-state index in [0.717, 1.165) is 36.7 Å². The SMILES string of the molecule is CCc1onc(C)c1C1CCCN1Cc1ccccc1OC. The highest BCUT2D eigenvalue weighted by Gasteiger charge is 2.31. The van der Waals surface area contributed by atoms with Crippen LogP contribution in [0.1, 0.15) is 48.4 Å². The largest absolute Gasteiger partial charge is 0.496 e. The fraction of sp³-hybridized carbons (Fsp3) is 0.500. The number of likely N-dealkylation sites (tertiary alicyclic amines) is 1. The number of nitrogens with zero attached hydrogens (tertiary/aromatic N) is 2. The van der Waals surface area contributed by atoms with Crippen LogP contribution in [-0.2, 0) is 13.0 Å². The Morgan fingerprint density at radius 2 is 2.18 bits per heavy atom. The molecule has 1 aromatic heterocycles. The Kier molecular flexibility index (Phi) is 4.48. The molecule has 0 radical (unpaired) electrons. The van der Waals surface area contributed by atoms with Crippen LogP contribution in [0.2, 0.25) is 0 Å². The molecule has 1 saturated heterocycles. The molecule has 2 heterocycles. The van der Waals surface area contributed by atoms with Crippen LogP contribution in [0.5, 0.6) is 5.75 Å². The van der Waals surface area contributed by atoms with Crippen molar-refractivity contribution in [2.45, 2.75) is 45.7 Å². The van der Waals surface area contributed by atoms with Gasteiger partial charge in [0.15, 0.2) is 0 Å². The average Bonchev–Trinajstić information content (AvgIpc) is 3.13. The highest BCUT2D eigenvalue weighted by molar-refractivity contribution is 5.34. The van der Waals surface area contributed by atoms with Crippen LogP contribution in [0, 0.1) is 6.92 Å². The normalized spacial score (nSPS) is 18.8. The van der Waals surface area contributed by atoms with Crippen molar-refractivity contribution in [3.8, 4) is 5.75 Å². The van der Waals surface area contributed by atoms with Gasteiger partial charge >= 0.3 is 0 Å². The molecule has 0 amide bonds. The Morgan fingerprint density at radius 1 is 1.36 bits per heavy atom. The lowest BCUT2D eigenvalue weighted by Gasteiger charge is -2.25. The third kappa shape index (κ3) is 2.75. The minimum atomic E-state index is 0.408. The van der Waals surface area contributed by atoms with Crippen molar-refractivity contribution in [2.75, 3.05) is 13.7 Å². The molecule has 0 spiro atoms. The van der Waals surface area contributed by atoms with Gasteiger partial charge in [0.25, 0.3) is 0 Å². The molecule has 118 valence electrons. The molecule has 0 N–H and O–H groups in total. The number of rotatable bonds is 5. The van der Waals surface area contributed by atoms with E-state index >= 15 is 0 Å². The fourth-order valence-electron chi connectivity index (χ4n) is 3.50. The van der Waals surface area contributed by atoms with Crippen LogP contribution >= 0.6 is 0 Å². The number of benzene rings is 1. The molecule has 2 aromatic rings. The van der Waals surface area contributed by atoms with E-state index in [2.05, 4.69) is 36.0 Å². The lowest BCUT2D eigenvalue weighted by atomic mass is 10.0. The van der Waals surface area contributed by atoms with Crippen LogP contribution in [0.25, 0.3) is 0 Å². The fourth-order valence-corrected chi connectivity index (χ4v) is 3.50. The summed E-state index contributed by atoms with van der Waals surface area (Å²) < 4.78 is 11.0. The Labute approximate surface area is 132 Å². The highest BCUT2D eigenvalue weighted by atomic mass is 16.5. The zero-order valence-corrected chi connectivity index (χ0v) is 13.6. The van der Waals surface area contributed by atoms with Crippen molar-refractivity contribution < 1.29 is 9.26 Å². The summed E-state index contributed by atoms with van der Waals surface area (Å²) >= 11 is 0. The van der Waals surface area contributed by atoms with Gasteiger partial charge in [-0.1, -0.05) is 30.3 Å². The average molecular weight is 300 g/mol. The van der Waals surface area contributed by atoms with Gasteiger partial charge in [-0.2, -0.15) is 0 Å². The van der Waals surface area contributed by atoms with Crippen molar-refractivity contribution in [2.24, 2.45) is 0 Å². The number of methoxy groups -OCH3 is 1. The number of hydrogen-bond acceptors (Lipinski definition) is 4. The maximum absolute atomic E-state index is 5.50. The predicted octanol–water partition coefficient (Wildman–Crippen LogP) is 3.89. The second kappa shape index (κ2) is 6.53. The summed E-state index contributed by atoms with van der Waals surface area (Å²) in [7, 11) is 1.74. The summed E-state index contributed by atoms with van der Waals surface area (Å²) in [5.74, 6) is 2.00. The minimum Gasteiger partial charge on any atom is -0.496 e. The standard InChI is InChI=1S/C18H24N2O2/c1-4-16-18(13(2)19-22-16)15-9-7-11-20(15)12-14-8-5-6-10-17(14)21-3/h5-6,8,10,15H,4,7,9,11-12H2,1-3H3. The van der Waals surface area contributed by atoms with E-state index < -0.39 is 0 Å². The first kappa shape index (κ1) is 15.1. The first-order valence-corrected chi connectivity index (χ1v) is 8.05. The Morgan fingerprint density at radius 3 is 2.95 bits per heavy atom. The molecule has 1 aliphatic rings. The molecule has 1 aromatic carbocycles. The van der Waals surface area contributed by atoms with Crippen molar-refractivity contribution in [1.29, 1.82) is 0 Å².